The molecular formula is C17H26N6O8. The summed E-state index contributed by atoms with van der Waals surface area (Å²) < 4.78 is 0. The van der Waals surface area contributed by atoms with Crippen LogP contribution in [0.1, 0.15) is 32.6 Å². The van der Waals surface area contributed by atoms with Gasteiger partial charge in [-0.1, -0.05) is 0 Å². The van der Waals surface area contributed by atoms with Gasteiger partial charge in [0.05, 0.1) is 18.5 Å². The Kier molecular flexibility index (Phi) is 9.05. The normalized spacial score (nSPS) is 18.8. The summed E-state index contributed by atoms with van der Waals surface area (Å²) in [7, 11) is 0. The number of Topliss-reactive ketones (excluding diaryl/α,β-unsaturated/α-hetero) is 1. The molecule has 1 aliphatic heterocycles. The quantitative estimate of drug-likeness (QED) is 0.0575. The van der Waals surface area contributed by atoms with Crippen LogP contribution in [0.3, 0.4) is 0 Å². The largest absolute Gasteiger partial charge is 0.481 e. The topological polar surface area (TPSA) is 249 Å². The highest BCUT2D eigenvalue weighted by molar-refractivity contribution is 6.17. The van der Waals surface area contributed by atoms with E-state index in [0.29, 0.717) is 4.90 Å². The molecule has 0 aliphatic carbocycles. The third-order valence-electron chi connectivity index (χ3n) is 4.51. The van der Waals surface area contributed by atoms with Gasteiger partial charge in [-0.2, -0.15) is 0 Å². The molecular weight excluding hydrogens is 416 g/mol. The SMILES string of the molecule is C[C@H](N)C(=O)N[C@@H](CC(=O)O)C(=O)[C@H]1CC(=O)N([C@@H](CCCN=C(N)N)C(=O)O)C1=O. The van der Waals surface area contributed by atoms with Crippen molar-refractivity contribution >= 4 is 41.4 Å². The van der Waals surface area contributed by atoms with Crippen LogP contribution in [0.25, 0.3) is 0 Å². The Hall–Kier alpha value is -3.55. The van der Waals surface area contributed by atoms with E-state index in [1.807, 2.05) is 0 Å². The monoisotopic (exact) mass is 442 g/mol. The third-order valence-corrected chi connectivity index (χ3v) is 4.51. The minimum Gasteiger partial charge on any atom is -0.481 e. The Morgan fingerprint density at radius 3 is 2.32 bits per heavy atom. The number of nitrogens with two attached hydrogens (primary N) is 3. The third kappa shape index (κ3) is 7.02. The number of imide groups is 1. The lowest BCUT2D eigenvalue weighted by atomic mass is 9.94. The summed E-state index contributed by atoms with van der Waals surface area (Å²) in [6, 6.07) is -4.21. The number of aliphatic imine (C=N–C) groups is 1. The molecule has 9 N–H and O–H groups in total. The molecule has 0 aromatic carbocycles. The second kappa shape index (κ2) is 11.0. The van der Waals surface area contributed by atoms with Crippen molar-refractivity contribution < 1.29 is 39.0 Å². The number of amides is 3. The molecule has 14 heteroatoms. The molecule has 1 heterocycles. The first-order valence-corrected chi connectivity index (χ1v) is 9.32. The van der Waals surface area contributed by atoms with Crippen LogP contribution in [0, 0.1) is 5.92 Å². The van der Waals surface area contributed by atoms with Crippen LogP contribution in [0.4, 0.5) is 0 Å². The van der Waals surface area contributed by atoms with Crippen LogP contribution in [0.15, 0.2) is 4.99 Å². The summed E-state index contributed by atoms with van der Waals surface area (Å²) in [5.74, 6) is -8.53. The molecule has 172 valence electrons. The summed E-state index contributed by atoms with van der Waals surface area (Å²) in [4.78, 5) is 76.5. The van der Waals surface area contributed by atoms with Crippen molar-refractivity contribution in [3.8, 4) is 0 Å². The summed E-state index contributed by atoms with van der Waals surface area (Å²) in [5, 5.41) is 20.6. The molecule has 14 nitrogen and oxygen atoms in total. The number of ketones is 1. The number of carboxylic acids is 2. The first kappa shape index (κ1) is 25.5. The summed E-state index contributed by atoms with van der Waals surface area (Å²) >= 11 is 0. The minimum absolute atomic E-state index is 0.0642. The highest BCUT2D eigenvalue weighted by Crippen LogP contribution is 2.26. The predicted molar refractivity (Wildman–Crippen MR) is 104 cm³/mol. The van der Waals surface area contributed by atoms with Crippen molar-refractivity contribution in [1.29, 1.82) is 0 Å². The smallest absolute Gasteiger partial charge is 0.326 e. The molecule has 3 amide bonds. The molecule has 1 fully saturated rings. The van der Waals surface area contributed by atoms with E-state index in [2.05, 4.69) is 10.3 Å². The average molecular weight is 442 g/mol. The minimum atomic E-state index is -1.62. The lowest BCUT2D eigenvalue weighted by Gasteiger charge is -2.23. The van der Waals surface area contributed by atoms with Gasteiger partial charge in [-0.15, -0.1) is 0 Å². The van der Waals surface area contributed by atoms with Crippen molar-refractivity contribution in [3.05, 3.63) is 0 Å². The number of nitrogens with one attached hydrogen (secondary N) is 1. The molecule has 0 aromatic rings. The van der Waals surface area contributed by atoms with Crippen LogP contribution >= 0.6 is 0 Å². The molecule has 0 aromatic heterocycles. The highest BCUT2D eigenvalue weighted by atomic mass is 16.4. The number of hydrogen-bond donors (Lipinski definition) is 6. The molecule has 0 spiro atoms. The summed E-state index contributed by atoms with van der Waals surface area (Å²) in [6.07, 6.45) is -1.50. The van der Waals surface area contributed by atoms with E-state index in [4.69, 9.17) is 22.3 Å². The predicted octanol–water partition coefficient (Wildman–Crippen LogP) is -3.26. The van der Waals surface area contributed by atoms with Gasteiger partial charge in [-0.3, -0.25) is 33.9 Å². The molecule has 0 saturated carbocycles. The van der Waals surface area contributed by atoms with Gasteiger partial charge in [-0.05, 0) is 19.8 Å². The lowest BCUT2D eigenvalue weighted by Crippen LogP contribution is -2.51. The lowest BCUT2D eigenvalue weighted by molar-refractivity contribution is -0.155. The highest BCUT2D eigenvalue weighted by Gasteiger charge is 2.49. The maximum Gasteiger partial charge on any atom is 0.326 e. The Balaban J connectivity index is 3.03. The fraction of sp³-hybridized carbons (Fsp3) is 0.588. The van der Waals surface area contributed by atoms with Crippen molar-refractivity contribution in [2.24, 2.45) is 28.1 Å². The standard InChI is InChI=1S/C17H26N6O8/c1-7(18)14(28)22-9(6-12(25)26)13(27)8-5-11(24)23(15(8)29)10(16(30)31)3-2-4-21-17(19)20/h7-10H,2-6,18H2,1H3,(H,22,28)(H,25,26)(H,30,31)(H4,19,20,21)/t7-,8+,9-,10-/m0/s1. The van der Waals surface area contributed by atoms with Crippen molar-refractivity contribution in [2.75, 3.05) is 6.54 Å². The number of rotatable bonds is 12. The van der Waals surface area contributed by atoms with E-state index >= 15 is 0 Å². The number of carbonyl (C=O) groups excluding carboxylic acids is 4. The van der Waals surface area contributed by atoms with Crippen molar-refractivity contribution in [3.63, 3.8) is 0 Å². The van der Waals surface area contributed by atoms with E-state index in [1.54, 1.807) is 0 Å². The second-order valence-electron chi connectivity index (χ2n) is 7.01. The van der Waals surface area contributed by atoms with Crippen molar-refractivity contribution in [2.45, 2.75) is 50.7 Å². The molecule has 1 aliphatic rings. The fourth-order valence-corrected chi connectivity index (χ4v) is 3.00. The Bertz CT molecular complexity index is 791. The van der Waals surface area contributed by atoms with Gasteiger partial charge in [0.2, 0.25) is 17.7 Å². The molecule has 0 unspecified atom stereocenters. The first-order valence-electron chi connectivity index (χ1n) is 9.32. The molecule has 31 heavy (non-hydrogen) atoms. The number of carbonyl (C=O) groups is 6. The number of guanidine groups is 1. The molecule has 1 saturated heterocycles. The van der Waals surface area contributed by atoms with Crippen LogP contribution in [0.5, 0.6) is 0 Å². The number of hydrogen-bond acceptors (Lipinski definition) is 8. The van der Waals surface area contributed by atoms with Gasteiger partial charge in [0.15, 0.2) is 11.7 Å². The maximum atomic E-state index is 12.8. The van der Waals surface area contributed by atoms with Gasteiger partial charge >= 0.3 is 11.9 Å². The number of aliphatic carboxylic acids is 2. The Morgan fingerprint density at radius 1 is 1.23 bits per heavy atom. The van der Waals surface area contributed by atoms with Gasteiger partial charge < -0.3 is 32.7 Å². The van der Waals surface area contributed by atoms with Gasteiger partial charge in [-0.25, -0.2) is 4.79 Å². The van der Waals surface area contributed by atoms with Crippen molar-refractivity contribution in [1.82, 2.24) is 10.2 Å². The zero-order chi connectivity index (χ0) is 23.9. The first-order chi connectivity index (χ1) is 14.4. The van der Waals surface area contributed by atoms with E-state index in [-0.39, 0.29) is 25.3 Å². The van der Waals surface area contributed by atoms with E-state index in [0.717, 1.165) is 0 Å². The van der Waals surface area contributed by atoms with E-state index in [9.17, 15) is 33.9 Å². The maximum absolute atomic E-state index is 12.8. The Labute approximate surface area is 176 Å². The molecule has 1 rings (SSSR count). The average Bonchev–Trinajstić information content (AvgIpc) is 2.94. The number of carboxylic acid groups (broad SMARTS) is 2. The van der Waals surface area contributed by atoms with Gasteiger partial charge in [0, 0.05) is 13.0 Å². The van der Waals surface area contributed by atoms with Gasteiger partial charge in [0.25, 0.3) is 0 Å². The number of likely N-dealkylation sites (tertiary alicyclic amines) is 1. The zero-order valence-corrected chi connectivity index (χ0v) is 16.8. The molecule has 0 bridgehead atoms. The molecule has 0 radical (unpaired) electrons. The van der Waals surface area contributed by atoms with E-state index < -0.39 is 72.3 Å². The van der Waals surface area contributed by atoms with Crippen LogP contribution in [-0.2, 0) is 28.8 Å². The van der Waals surface area contributed by atoms with E-state index in [1.165, 1.54) is 6.92 Å². The number of nitrogens with zero attached hydrogens (tertiary/aromatic N) is 2. The second-order valence-corrected chi connectivity index (χ2v) is 7.01. The fourth-order valence-electron chi connectivity index (χ4n) is 3.00. The van der Waals surface area contributed by atoms with Crippen LogP contribution in [0.2, 0.25) is 0 Å². The summed E-state index contributed by atoms with van der Waals surface area (Å²) in [5.41, 5.74) is 15.8. The van der Waals surface area contributed by atoms with Crippen LogP contribution < -0.4 is 22.5 Å². The Morgan fingerprint density at radius 2 is 1.84 bits per heavy atom. The van der Waals surface area contributed by atoms with Gasteiger partial charge in [0.1, 0.15) is 12.0 Å². The summed E-state index contributed by atoms with van der Waals surface area (Å²) in [6.45, 7) is 1.37. The zero-order valence-electron chi connectivity index (χ0n) is 16.8. The van der Waals surface area contributed by atoms with Crippen LogP contribution in [-0.4, -0.2) is 81.2 Å². The molecule has 4 atom stereocenters.